The van der Waals surface area contributed by atoms with E-state index in [4.69, 9.17) is 19.7 Å². The van der Waals surface area contributed by atoms with Crippen LogP contribution in [-0.4, -0.2) is 46.6 Å². The van der Waals surface area contributed by atoms with Crippen LogP contribution in [-0.2, 0) is 21.6 Å². The molecule has 8 nitrogen and oxygen atoms in total. The predicted molar refractivity (Wildman–Crippen MR) is 73.3 cm³/mol. The lowest BCUT2D eigenvalue weighted by atomic mass is 9.93. The first-order valence-electron chi connectivity index (χ1n) is 6.97. The second kappa shape index (κ2) is 5.92. The van der Waals surface area contributed by atoms with E-state index in [0.717, 1.165) is 0 Å². The SMILES string of the molecule is COC1(c2noc(-c3cn(CCN)cn3)n2)CCOCC1. The summed E-state index contributed by atoms with van der Waals surface area (Å²) in [6, 6.07) is 0. The molecule has 0 aliphatic carbocycles. The number of nitrogens with two attached hydrogens (primary N) is 1. The zero-order valence-electron chi connectivity index (χ0n) is 12.0. The normalized spacial score (nSPS) is 18.0. The molecule has 114 valence electrons. The molecule has 21 heavy (non-hydrogen) atoms. The van der Waals surface area contributed by atoms with E-state index in [2.05, 4.69) is 15.1 Å². The highest BCUT2D eigenvalue weighted by atomic mass is 16.5. The Kier molecular flexibility index (Phi) is 4.00. The van der Waals surface area contributed by atoms with E-state index < -0.39 is 5.60 Å². The number of methoxy groups -OCH3 is 1. The first-order valence-corrected chi connectivity index (χ1v) is 6.97. The Bertz CT molecular complexity index is 588. The molecule has 0 saturated carbocycles. The zero-order chi connectivity index (χ0) is 14.7. The molecule has 1 fully saturated rings. The fourth-order valence-electron chi connectivity index (χ4n) is 2.47. The third kappa shape index (κ3) is 2.69. The molecule has 0 aromatic carbocycles. The van der Waals surface area contributed by atoms with Crippen LogP contribution in [0.2, 0.25) is 0 Å². The summed E-state index contributed by atoms with van der Waals surface area (Å²) >= 11 is 0. The highest BCUT2D eigenvalue weighted by molar-refractivity contribution is 5.44. The zero-order valence-corrected chi connectivity index (χ0v) is 12.0. The van der Waals surface area contributed by atoms with Crippen molar-refractivity contribution in [2.24, 2.45) is 5.73 Å². The molecule has 0 bridgehead atoms. The second-order valence-corrected chi connectivity index (χ2v) is 5.02. The van der Waals surface area contributed by atoms with Crippen LogP contribution in [0.1, 0.15) is 18.7 Å². The largest absolute Gasteiger partial charge is 0.381 e. The summed E-state index contributed by atoms with van der Waals surface area (Å²) in [5, 5.41) is 4.07. The number of hydrogen-bond acceptors (Lipinski definition) is 7. The number of imidazole rings is 1. The van der Waals surface area contributed by atoms with Crippen molar-refractivity contribution in [2.75, 3.05) is 26.9 Å². The van der Waals surface area contributed by atoms with Gasteiger partial charge in [0.25, 0.3) is 5.89 Å². The van der Waals surface area contributed by atoms with Gasteiger partial charge in [0.1, 0.15) is 11.3 Å². The molecule has 2 aromatic rings. The van der Waals surface area contributed by atoms with Gasteiger partial charge in [-0.25, -0.2) is 4.98 Å². The molecule has 2 aromatic heterocycles. The van der Waals surface area contributed by atoms with E-state index in [9.17, 15) is 0 Å². The smallest absolute Gasteiger partial charge is 0.278 e. The number of hydrogen-bond donors (Lipinski definition) is 1. The van der Waals surface area contributed by atoms with Gasteiger partial charge in [-0.2, -0.15) is 4.98 Å². The molecule has 8 heteroatoms. The molecule has 3 heterocycles. The number of nitrogens with zero attached hydrogens (tertiary/aromatic N) is 4. The summed E-state index contributed by atoms with van der Waals surface area (Å²) in [4.78, 5) is 8.71. The molecule has 3 rings (SSSR count). The molecular formula is C13H19N5O3. The molecule has 0 radical (unpaired) electrons. The maximum absolute atomic E-state index is 5.65. The minimum Gasteiger partial charge on any atom is -0.381 e. The van der Waals surface area contributed by atoms with Crippen LogP contribution < -0.4 is 5.73 Å². The van der Waals surface area contributed by atoms with Crippen molar-refractivity contribution in [3.63, 3.8) is 0 Å². The summed E-state index contributed by atoms with van der Waals surface area (Å²) in [6.45, 7) is 2.51. The summed E-state index contributed by atoms with van der Waals surface area (Å²) in [5.74, 6) is 0.945. The highest BCUT2D eigenvalue weighted by Crippen LogP contribution is 2.34. The number of rotatable bonds is 5. The minimum absolute atomic E-state index is 0.392. The minimum atomic E-state index is -0.528. The highest BCUT2D eigenvalue weighted by Gasteiger charge is 2.39. The molecule has 1 saturated heterocycles. The Morgan fingerprint density at radius 1 is 1.43 bits per heavy atom. The average molecular weight is 293 g/mol. The van der Waals surface area contributed by atoms with Crippen LogP contribution >= 0.6 is 0 Å². The Labute approximate surface area is 122 Å². The van der Waals surface area contributed by atoms with Crippen LogP contribution in [0.25, 0.3) is 11.6 Å². The van der Waals surface area contributed by atoms with E-state index >= 15 is 0 Å². The summed E-state index contributed by atoms with van der Waals surface area (Å²) in [6.07, 6.45) is 4.97. The van der Waals surface area contributed by atoms with E-state index in [-0.39, 0.29) is 0 Å². The van der Waals surface area contributed by atoms with Crippen molar-refractivity contribution in [2.45, 2.75) is 25.0 Å². The Balaban J connectivity index is 1.84. The number of aromatic nitrogens is 4. The van der Waals surface area contributed by atoms with Crippen molar-refractivity contribution in [3.05, 3.63) is 18.3 Å². The van der Waals surface area contributed by atoms with Crippen molar-refractivity contribution in [1.29, 1.82) is 0 Å². The van der Waals surface area contributed by atoms with Gasteiger partial charge < -0.3 is 24.3 Å². The monoisotopic (exact) mass is 293 g/mol. The standard InChI is InChI=1S/C13H19N5O3/c1-19-13(2-6-20-7-3-13)12-16-11(21-17-12)10-8-18(5-4-14)9-15-10/h8-9H,2-7,14H2,1H3. The van der Waals surface area contributed by atoms with Gasteiger partial charge in [-0.3, -0.25) is 0 Å². The molecule has 0 atom stereocenters. The quantitative estimate of drug-likeness (QED) is 0.858. The maximum atomic E-state index is 5.65. The fraction of sp³-hybridized carbons (Fsp3) is 0.615. The van der Waals surface area contributed by atoms with Gasteiger partial charge in [0.2, 0.25) is 5.82 Å². The van der Waals surface area contributed by atoms with Crippen LogP contribution in [0.3, 0.4) is 0 Å². The van der Waals surface area contributed by atoms with Gasteiger partial charge >= 0.3 is 0 Å². The van der Waals surface area contributed by atoms with E-state index in [1.807, 2.05) is 10.8 Å². The molecule has 0 spiro atoms. The fourth-order valence-corrected chi connectivity index (χ4v) is 2.47. The Morgan fingerprint density at radius 2 is 2.24 bits per heavy atom. The van der Waals surface area contributed by atoms with Crippen molar-refractivity contribution < 1.29 is 14.0 Å². The predicted octanol–water partition coefficient (Wildman–Crippen LogP) is 0.544. The Morgan fingerprint density at radius 3 is 2.95 bits per heavy atom. The third-order valence-electron chi connectivity index (χ3n) is 3.76. The van der Waals surface area contributed by atoms with Crippen molar-refractivity contribution in [1.82, 2.24) is 19.7 Å². The van der Waals surface area contributed by atoms with Gasteiger partial charge in [0, 0.05) is 52.5 Å². The van der Waals surface area contributed by atoms with Crippen LogP contribution in [0.5, 0.6) is 0 Å². The van der Waals surface area contributed by atoms with Crippen molar-refractivity contribution in [3.8, 4) is 11.6 Å². The molecule has 1 aliphatic heterocycles. The lowest BCUT2D eigenvalue weighted by Crippen LogP contribution is -2.36. The van der Waals surface area contributed by atoms with Crippen LogP contribution in [0, 0.1) is 0 Å². The summed E-state index contributed by atoms with van der Waals surface area (Å²) in [5.41, 5.74) is 5.63. The topological polar surface area (TPSA) is 101 Å². The van der Waals surface area contributed by atoms with Gasteiger partial charge in [-0.1, -0.05) is 5.16 Å². The molecule has 1 aliphatic rings. The van der Waals surface area contributed by atoms with Gasteiger partial charge in [-0.05, 0) is 0 Å². The number of ether oxygens (including phenoxy) is 2. The second-order valence-electron chi connectivity index (χ2n) is 5.02. The van der Waals surface area contributed by atoms with E-state index in [1.165, 1.54) is 0 Å². The lowest BCUT2D eigenvalue weighted by molar-refractivity contribution is -0.101. The van der Waals surface area contributed by atoms with Gasteiger partial charge in [-0.15, -0.1) is 0 Å². The van der Waals surface area contributed by atoms with E-state index in [0.29, 0.717) is 56.6 Å². The first-order chi connectivity index (χ1) is 10.3. The van der Waals surface area contributed by atoms with Gasteiger partial charge in [0.15, 0.2) is 0 Å². The first kappa shape index (κ1) is 14.2. The van der Waals surface area contributed by atoms with E-state index in [1.54, 1.807) is 13.4 Å². The van der Waals surface area contributed by atoms with Gasteiger partial charge in [0.05, 0.1) is 6.33 Å². The maximum Gasteiger partial charge on any atom is 0.278 e. The van der Waals surface area contributed by atoms with Crippen LogP contribution in [0.4, 0.5) is 0 Å². The van der Waals surface area contributed by atoms with Crippen molar-refractivity contribution >= 4 is 0 Å². The molecule has 2 N–H and O–H groups in total. The van der Waals surface area contributed by atoms with Crippen LogP contribution in [0.15, 0.2) is 17.0 Å². The summed E-state index contributed by atoms with van der Waals surface area (Å²) < 4.78 is 18.2. The Hall–Kier alpha value is -1.77. The summed E-state index contributed by atoms with van der Waals surface area (Å²) in [7, 11) is 1.66. The molecule has 0 unspecified atom stereocenters. The lowest BCUT2D eigenvalue weighted by Gasteiger charge is -2.32. The molecule has 0 amide bonds. The average Bonchev–Trinajstić information content (AvgIpc) is 3.17. The third-order valence-corrected chi connectivity index (χ3v) is 3.76. The molecular weight excluding hydrogens is 274 g/mol.